The lowest BCUT2D eigenvalue weighted by Crippen LogP contribution is -2.23. The number of aryl methyl sites for hydroxylation is 1. The van der Waals surface area contributed by atoms with Gasteiger partial charge in [0.25, 0.3) is 5.91 Å². The van der Waals surface area contributed by atoms with Crippen molar-refractivity contribution < 1.29 is 13.2 Å². The summed E-state index contributed by atoms with van der Waals surface area (Å²) in [6, 6.07) is 17.3. The summed E-state index contributed by atoms with van der Waals surface area (Å²) in [5.41, 5.74) is 2.13. The number of nitrogens with one attached hydrogen (secondary N) is 2. The van der Waals surface area contributed by atoms with Gasteiger partial charge in [0.05, 0.1) is 4.90 Å². The summed E-state index contributed by atoms with van der Waals surface area (Å²) in [4.78, 5) is 13.5. The van der Waals surface area contributed by atoms with E-state index in [4.69, 9.17) is 0 Å². The third kappa shape index (κ3) is 5.03. The second kappa shape index (κ2) is 8.47. The zero-order valence-electron chi connectivity index (χ0n) is 14.8. The zero-order chi connectivity index (χ0) is 19.3. The van der Waals surface area contributed by atoms with Crippen molar-refractivity contribution in [3.63, 3.8) is 0 Å². The van der Waals surface area contributed by atoms with E-state index in [-0.39, 0.29) is 22.9 Å². The molecule has 0 radical (unpaired) electrons. The predicted octanol–water partition coefficient (Wildman–Crippen LogP) is 4.04. The molecule has 0 aliphatic carbocycles. The smallest absolute Gasteiger partial charge is 0.255 e. The third-order valence-corrected chi connectivity index (χ3v) is 6.32. The average molecular weight is 401 g/mol. The maximum absolute atomic E-state index is 12.5. The Morgan fingerprint density at radius 3 is 2.48 bits per heavy atom. The van der Waals surface area contributed by atoms with Crippen LogP contribution in [0, 0.1) is 0 Å². The van der Waals surface area contributed by atoms with E-state index in [1.54, 1.807) is 12.1 Å². The van der Waals surface area contributed by atoms with Crippen LogP contribution in [-0.2, 0) is 23.0 Å². The van der Waals surface area contributed by atoms with Crippen molar-refractivity contribution in [3.8, 4) is 0 Å². The van der Waals surface area contributed by atoms with Crippen LogP contribution in [0.3, 0.4) is 0 Å². The van der Waals surface area contributed by atoms with Crippen LogP contribution in [0.15, 0.2) is 70.9 Å². The minimum Gasteiger partial charge on any atom is -0.322 e. The number of hydrogen-bond donors (Lipinski definition) is 2. The van der Waals surface area contributed by atoms with E-state index in [0.717, 1.165) is 11.3 Å². The number of sulfonamides is 1. The van der Waals surface area contributed by atoms with Crippen LogP contribution in [0.5, 0.6) is 0 Å². The fourth-order valence-electron chi connectivity index (χ4n) is 2.49. The number of carbonyl (C=O) groups is 1. The quantitative estimate of drug-likeness (QED) is 0.628. The minimum atomic E-state index is -3.70. The van der Waals surface area contributed by atoms with Crippen molar-refractivity contribution in [2.24, 2.45) is 0 Å². The summed E-state index contributed by atoms with van der Waals surface area (Å²) in [5.74, 6) is -0.352. The molecule has 1 heterocycles. The Morgan fingerprint density at radius 1 is 1.04 bits per heavy atom. The first-order valence-electron chi connectivity index (χ1n) is 8.50. The highest BCUT2D eigenvalue weighted by Crippen LogP contribution is 2.16. The number of amides is 1. The van der Waals surface area contributed by atoms with Crippen molar-refractivity contribution >= 4 is 33.0 Å². The molecule has 0 fully saturated rings. The van der Waals surface area contributed by atoms with E-state index in [9.17, 15) is 13.2 Å². The van der Waals surface area contributed by atoms with Crippen molar-refractivity contribution in [1.29, 1.82) is 0 Å². The summed E-state index contributed by atoms with van der Waals surface area (Å²) >= 11 is 1.48. The van der Waals surface area contributed by atoms with Gasteiger partial charge in [-0.1, -0.05) is 31.2 Å². The monoisotopic (exact) mass is 400 g/mol. The molecule has 0 bridgehead atoms. The highest BCUT2D eigenvalue weighted by Gasteiger charge is 2.16. The Labute approximate surface area is 163 Å². The van der Waals surface area contributed by atoms with Crippen LogP contribution in [0.1, 0.15) is 27.7 Å². The van der Waals surface area contributed by atoms with Gasteiger partial charge < -0.3 is 5.32 Å². The SMILES string of the molecule is CCc1ccc(NC(=O)c2cccc(S(=O)(=O)NCc3cccs3)c2)cc1. The van der Waals surface area contributed by atoms with Gasteiger partial charge in [-0.2, -0.15) is 0 Å². The topological polar surface area (TPSA) is 75.3 Å². The van der Waals surface area contributed by atoms with Crippen LogP contribution < -0.4 is 10.0 Å². The molecule has 1 amide bonds. The van der Waals surface area contributed by atoms with Gasteiger partial charge in [-0.15, -0.1) is 11.3 Å². The molecule has 140 valence electrons. The molecule has 0 aliphatic heterocycles. The van der Waals surface area contributed by atoms with Crippen LogP contribution in [0.4, 0.5) is 5.69 Å². The highest BCUT2D eigenvalue weighted by molar-refractivity contribution is 7.89. The largest absolute Gasteiger partial charge is 0.322 e. The molecule has 27 heavy (non-hydrogen) atoms. The van der Waals surface area contributed by atoms with Crippen molar-refractivity contribution in [2.75, 3.05) is 5.32 Å². The Bertz CT molecular complexity index is 1010. The van der Waals surface area contributed by atoms with Gasteiger partial charge in [0.2, 0.25) is 10.0 Å². The number of rotatable bonds is 7. The molecule has 1 aromatic heterocycles. The number of anilines is 1. The Balaban J connectivity index is 1.72. The maximum Gasteiger partial charge on any atom is 0.255 e. The van der Waals surface area contributed by atoms with Gasteiger partial charge in [-0.05, 0) is 53.8 Å². The number of carbonyl (C=O) groups excluding carboxylic acids is 1. The standard InChI is InChI=1S/C20H20N2O3S2/c1-2-15-8-10-17(11-9-15)22-20(23)16-5-3-7-19(13-16)27(24,25)21-14-18-6-4-12-26-18/h3-13,21H,2,14H2,1H3,(H,22,23). The van der Waals surface area contributed by atoms with Gasteiger partial charge in [0.1, 0.15) is 0 Å². The summed E-state index contributed by atoms with van der Waals surface area (Å²) in [5, 5.41) is 4.68. The molecule has 7 heteroatoms. The van der Waals surface area contributed by atoms with E-state index in [2.05, 4.69) is 17.0 Å². The van der Waals surface area contributed by atoms with Crippen LogP contribution in [0.25, 0.3) is 0 Å². The van der Waals surface area contributed by atoms with E-state index in [0.29, 0.717) is 5.69 Å². The molecule has 2 aromatic carbocycles. The lowest BCUT2D eigenvalue weighted by atomic mass is 10.1. The van der Waals surface area contributed by atoms with Gasteiger partial charge in [0.15, 0.2) is 0 Å². The van der Waals surface area contributed by atoms with Crippen LogP contribution in [0.2, 0.25) is 0 Å². The zero-order valence-corrected chi connectivity index (χ0v) is 16.4. The average Bonchev–Trinajstić information content (AvgIpc) is 3.21. The molecule has 0 saturated heterocycles. The van der Waals surface area contributed by atoms with E-state index in [1.807, 2.05) is 41.8 Å². The first kappa shape index (κ1) is 19.3. The predicted molar refractivity (Wildman–Crippen MR) is 109 cm³/mol. The molecule has 3 aromatic rings. The van der Waals surface area contributed by atoms with E-state index < -0.39 is 10.0 Å². The van der Waals surface area contributed by atoms with E-state index in [1.165, 1.54) is 29.0 Å². The molecule has 0 atom stereocenters. The second-order valence-corrected chi connectivity index (χ2v) is 8.74. The number of hydrogen-bond acceptors (Lipinski definition) is 4. The normalized spacial score (nSPS) is 11.3. The lowest BCUT2D eigenvalue weighted by Gasteiger charge is -2.09. The minimum absolute atomic E-state index is 0.0630. The molecule has 2 N–H and O–H groups in total. The Morgan fingerprint density at radius 2 is 1.81 bits per heavy atom. The molecule has 5 nitrogen and oxygen atoms in total. The van der Waals surface area contributed by atoms with Crippen molar-refractivity contribution in [3.05, 3.63) is 82.0 Å². The number of benzene rings is 2. The Hall–Kier alpha value is -2.48. The molecular weight excluding hydrogens is 380 g/mol. The molecule has 0 saturated carbocycles. The molecular formula is C20H20N2O3S2. The fourth-order valence-corrected chi connectivity index (χ4v) is 4.28. The first-order valence-corrected chi connectivity index (χ1v) is 10.9. The van der Waals surface area contributed by atoms with Gasteiger partial charge in [0, 0.05) is 22.7 Å². The van der Waals surface area contributed by atoms with Crippen molar-refractivity contribution in [1.82, 2.24) is 4.72 Å². The molecule has 0 spiro atoms. The first-order chi connectivity index (χ1) is 13.0. The summed E-state index contributed by atoms with van der Waals surface area (Å²) in [7, 11) is -3.70. The highest BCUT2D eigenvalue weighted by atomic mass is 32.2. The summed E-state index contributed by atoms with van der Waals surface area (Å²) in [6.45, 7) is 2.28. The molecule has 0 unspecified atom stereocenters. The Kier molecular flexibility index (Phi) is 6.05. The fraction of sp³-hybridized carbons (Fsp3) is 0.150. The van der Waals surface area contributed by atoms with E-state index >= 15 is 0 Å². The lowest BCUT2D eigenvalue weighted by molar-refractivity contribution is 0.102. The molecule has 3 rings (SSSR count). The van der Waals surface area contributed by atoms with Crippen LogP contribution >= 0.6 is 11.3 Å². The maximum atomic E-state index is 12.5. The third-order valence-electron chi connectivity index (χ3n) is 4.04. The van der Waals surface area contributed by atoms with Gasteiger partial charge in [-0.25, -0.2) is 13.1 Å². The second-order valence-electron chi connectivity index (χ2n) is 5.94. The van der Waals surface area contributed by atoms with Crippen LogP contribution in [-0.4, -0.2) is 14.3 Å². The van der Waals surface area contributed by atoms with Gasteiger partial charge in [-0.3, -0.25) is 4.79 Å². The molecule has 0 aliphatic rings. The summed E-state index contributed by atoms with van der Waals surface area (Å²) < 4.78 is 27.5. The van der Waals surface area contributed by atoms with Crippen molar-refractivity contribution in [2.45, 2.75) is 24.8 Å². The summed E-state index contributed by atoms with van der Waals surface area (Å²) in [6.07, 6.45) is 0.923. The van der Waals surface area contributed by atoms with Gasteiger partial charge >= 0.3 is 0 Å². The number of thiophene rings is 1.